The largest absolute Gasteiger partial charge is 0.311 e. The van der Waals surface area contributed by atoms with Crippen molar-refractivity contribution in [1.29, 1.82) is 0 Å². The lowest BCUT2D eigenvalue weighted by Crippen LogP contribution is -2.22. The molecule has 0 atom stereocenters. The van der Waals surface area contributed by atoms with E-state index in [1.54, 1.807) is 0 Å². The molecular formula is C62H57N. The van der Waals surface area contributed by atoms with Crippen LogP contribution in [0.15, 0.2) is 158 Å². The summed E-state index contributed by atoms with van der Waals surface area (Å²) in [5.41, 5.74) is 21.8. The molecule has 0 amide bonds. The van der Waals surface area contributed by atoms with E-state index in [9.17, 15) is 0 Å². The van der Waals surface area contributed by atoms with Crippen LogP contribution in [-0.2, 0) is 16.2 Å². The van der Waals surface area contributed by atoms with Gasteiger partial charge in [0.25, 0.3) is 0 Å². The number of anilines is 2. The second-order valence-electron chi connectivity index (χ2n) is 20.4. The van der Waals surface area contributed by atoms with Crippen LogP contribution in [0.3, 0.4) is 0 Å². The minimum atomic E-state index is -0.177. The molecule has 3 aliphatic rings. The molecule has 310 valence electrons. The molecule has 8 aromatic carbocycles. The molecule has 11 rings (SSSR count). The highest BCUT2D eigenvalue weighted by Gasteiger charge is 2.40. The molecule has 0 spiro atoms. The van der Waals surface area contributed by atoms with E-state index in [0.29, 0.717) is 0 Å². The number of hydrogen-bond acceptors (Lipinski definition) is 1. The van der Waals surface area contributed by atoms with Gasteiger partial charge in [0.1, 0.15) is 0 Å². The Kier molecular flexibility index (Phi) is 8.62. The van der Waals surface area contributed by atoms with Crippen LogP contribution in [0.2, 0.25) is 0 Å². The standard InChI is InChI=1S/C62H57N/c1-37-25-26-41(18-17-31-60(5,6)54-32-38(2)44-19-11-14-22-47(44)57(37)54)63(42-27-29-50-52(35-42)61(7,8)55-33-39(3)45-20-12-15-23-48(45)58(50)55)43-28-30-51-53(36-43)62(9,10)56-34-40(4)46-21-13-16-24-49(46)59(51)56/h11-16,18-30,32-36H,1,17,31H2,2-10H3/b26-25-,41-18+. The lowest BCUT2D eigenvalue weighted by molar-refractivity contribution is 0.483. The van der Waals surface area contributed by atoms with Crippen molar-refractivity contribution in [2.24, 2.45) is 0 Å². The van der Waals surface area contributed by atoms with Gasteiger partial charge in [-0.05, 0) is 180 Å². The Morgan fingerprint density at radius 1 is 0.444 bits per heavy atom. The predicted molar refractivity (Wildman–Crippen MR) is 272 cm³/mol. The van der Waals surface area contributed by atoms with Crippen LogP contribution in [0.4, 0.5) is 11.4 Å². The van der Waals surface area contributed by atoms with Crippen molar-refractivity contribution in [1.82, 2.24) is 0 Å². The fourth-order valence-electron chi connectivity index (χ4n) is 11.9. The van der Waals surface area contributed by atoms with Crippen molar-refractivity contribution in [2.45, 2.75) is 91.4 Å². The third-order valence-corrected chi connectivity index (χ3v) is 15.4. The lowest BCUT2D eigenvalue weighted by atomic mass is 9.74. The van der Waals surface area contributed by atoms with Crippen LogP contribution in [0.5, 0.6) is 0 Å². The van der Waals surface area contributed by atoms with Gasteiger partial charge in [0.15, 0.2) is 0 Å². The molecule has 63 heavy (non-hydrogen) atoms. The molecule has 0 bridgehead atoms. The van der Waals surface area contributed by atoms with Gasteiger partial charge < -0.3 is 4.90 Å². The number of rotatable bonds is 3. The monoisotopic (exact) mass is 815 g/mol. The van der Waals surface area contributed by atoms with Gasteiger partial charge >= 0.3 is 0 Å². The van der Waals surface area contributed by atoms with Gasteiger partial charge in [-0.3, -0.25) is 0 Å². The van der Waals surface area contributed by atoms with Crippen LogP contribution in [0.1, 0.15) is 104 Å². The van der Waals surface area contributed by atoms with E-state index in [-0.39, 0.29) is 16.2 Å². The van der Waals surface area contributed by atoms with Crippen LogP contribution in [0, 0.1) is 20.8 Å². The van der Waals surface area contributed by atoms with E-state index >= 15 is 0 Å². The molecule has 0 radical (unpaired) electrons. The lowest BCUT2D eigenvalue weighted by Gasteiger charge is -2.32. The number of benzene rings is 8. The summed E-state index contributed by atoms with van der Waals surface area (Å²) in [7, 11) is 0. The normalized spacial score (nSPS) is 18.0. The zero-order valence-electron chi connectivity index (χ0n) is 38.4. The molecule has 0 N–H and O–H groups in total. The zero-order chi connectivity index (χ0) is 43.7. The first-order valence-corrected chi connectivity index (χ1v) is 22.9. The highest BCUT2D eigenvalue weighted by Crippen LogP contribution is 2.56. The number of aryl methyl sites for hydroxylation is 3. The minimum absolute atomic E-state index is 0.0702. The third kappa shape index (κ3) is 5.75. The van der Waals surface area contributed by atoms with E-state index in [2.05, 4.69) is 213 Å². The molecular weight excluding hydrogens is 759 g/mol. The Morgan fingerprint density at radius 3 is 1.32 bits per heavy atom. The Labute approximate surface area is 374 Å². The van der Waals surface area contributed by atoms with Crippen molar-refractivity contribution in [2.75, 3.05) is 4.90 Å². The summed E-state index contributed by atoms with van der Waals surface area (Å²) in [6.07, 6.45) is 9.05. The first-order chi connectivity index (χ1) is 30.2. The maximum atomic E-state index is 4.82. The number of fused-ring (bicyclic) bond motifs is 13. The van der Waals surface area contributed by atoms with E-state index in [1.807, 2.05) is 0 Å². The Balaban J connectivity index is 1.12. The summed E-state index contributed by atoms with van der Waals surface area (Å²) in [4.78, 5) is 2.54. The molecule has 0 aliphatic heterocycles. The molecule has 0 saturated carbocycles. The highest BCUT2D eigenvalue weighted by molar-refractivity contribution is 6.06. The summed E-state index contributed by atoms with van der Waals surface area (Å²) >= 11 is 0. The fraction of sp³-hybridized carbons (Fsp3) is 0.226. The highest BCUT2D eigenvalue weighted by atomic mass is 15.1. The Bertz CT molecular complexity index is 3210. The van der Waals surface area contributed by atoms with E-state index < -0.39 is 0 Å². The summed E-state index contributed by atoms with van der Waals surface area (Å²) in [5.74, 6) is 0. The van der Waals surface area contributed by atoms with Gasteiger partial charge in [0.05, 0.1) is 0 Å². The van der Waals surface area contributed by atoms with E-state index in [1.165, 1.54) is 116 Å². The number of nitrogens with zero attached hydrogens (tertiary/aromatic N) is 1. The first kappa shape index (κ1) is 39.4. The molecule has 0 unspecified atom stereocenters. The molecule has 0 heterocycles. The fourth-order valence-corrected chi connectivity index (χ4v) is 11.9. The van der Waals surface area contributed by atoms with Gasteiger partial charge in [0.2, 0.25) is 0 Å². The van der Waals surface area contributed by atoms with Gasteiger partial charge in [-0.1, -0.05) is 163 Å². The maximum absolute atomic E-state index is 4.82. The van der Waals surface area contributed by atoms with Crippen LogP contribution in [0.25, 0.3) is 60.1 Å². The SMILES string of the molecule is C=C1/C=C\C(N(c2ccc3c(c2)C(C)(C)c2cc(C)c4ccccc4c2-3)c2ccc3c(c2)C(C)(C)c2cc(C)c4ccccc4c2-3)=C/CCC(C)(C)c2cc(C)c3ccccc3c21. The maximum Gasteiger partial charge on any atom is 0.0464 e. The van der Waals surface area contributed by atoms with Crippen molar-refractivity contribution in [3.8, 4) is 22.3 Å². The summed E-state index contributed by atoms with van der Waals surface area (Å²) in [6, 6.07) is 48.7. The number of hydrogen-bond donors (Lipinski definition) is 0. The van der Waals surface area contributed by atoms with Crippen LogP contribution in [-0.4, -0.2) is 0 Å². The molecule has 1 nitrogen and oxygen atoms in total. The van der Waals surface area contributed by atoms with E-state index in [4.69, 9.17) is 6.58 Å². The Hall–Kier alpha value is -6.44. The van der Waals surface area contributed by atoms with Crippen molar-refractivity contribution in [3.63, 3.8) is 0 Å². The summed E-state index contributed by atoms with van der Waals surface area (Å²) in [5, 5.41) is 7.93. The predicted octanol–water partition coefficient (Wildman–Crippen LogP) is 17.0. The topological polar surface area (TPSA) is 3.24 Å². The second-order valence-corrected chi connectivity index (χ2v) is 20.4. The molecule has 0 saturated heterocycles. The van der Waals surface area contributed by atoms with Crippen LogP contribution >= 0.6 is 0 Å². The zero-order valence-corrected chi connectivity index (χ0v) is 38.4. The van der Waals surface area contributed by atoms with Crippen molar-refractivity contribution >= 4 is 49.3 Å². The first-order valence-electron chi connectivity index (χ1n) is 22.9. The van der Waals surface area contributed by atoms with Gasteiger partial charge in [-0.15, -0.1) is 0 Å². The average Bonchev–Trinajstić information content (AvgIpc) is 3.63. The quantitative estimate of drug-likeness (QED) is 0.172. The minimum Gasteiger partial charge on any atom is -0.311 e. The molecule has 8 aromatic rings. The Morgan fingerprint density at radius 2 is 0.857 bits per heavy atom. The second kappa shape index (κ2) is 13.8. The van der Waals surface area contributed by atoms with Crippen molar-refractivity contribution < 1.29 is 0 Å². The van der Waals surface area contributed by atoms with Gasteiger partial charge in [-0.2, -0.15) is 0 Å². The smallest absolute Gasteiger partial charge is 0.0464 e. The van der Waals surface area contributed by atoms with Gasteiger partial charge in [0, 0.05) is 27.9 Å². The molecule has 1 heteroatoms. The van der Waals surface area contributed by atoms with Crippen LogP contribution < -0.4 is 4.90 Å². The molecule has 3 aliphatic carbocycles. The summed E-state index contributed by atoms with van der Waals surface area (Å²) < 4.78 is 0. The summed E-state index contributed by atoms with van der Waals surface area (Å²) in [6.45, 7) is 26.1. The third-order valence-electron chi connectivity index (χ3n) is 15.4. The average molecular weight is 816 g/mol. The van der Waals surface area contributed by atoms with Crippen molar-refractivity contribution in [3.05, 3.63) is 208 Å². The van der Waals surface area contributed by atoms with Gasteiger partial charge in [-0.25, -0.2) is 0 Å². The molecule has 0 aromatic heterocycles. The van der Waals surface area contributed by atoms with E-state index in [0.717, 1.165) is 24.1 Å². The molecule has 0 fully saturated rings. The number of allylic oxidation sites excluding steroid dienone is 4.